The van der Waals surface area contributed by atoms with E-state index in [0.717, 1.165) is 51.6 Å². The number of hydrogen-bond donors (Lipinski definition) is 4. The topological polar surface area (TPSA) is 129 Å². The number of amides is 2. The van der Waals surface area contributed by atoms with Crippen molar-refractivity contribution >= 4 is 17.5 Å². The molecule has 212 valence electrons. The van der Waals surface area contributed by atoms with E-state index < -0.39 is 18.3 Å². The average molecular weight is 524 g/mol. The van der Waals surface area contributed by atoms with E-state index in [4.69, 9.17) is 11.5 Å². The van der Waals surface area contributed by atoms with E-state index in [1.165, 1.54) is 0 Å². The van der Waals surface area contributed by atoms with Crippen LogP contribution in [-0.4, -0.2) is 98.6 Å². The molecule has 0 aromatic rings. The number of halogens is 1. The maximum Gasteiger partial charge on any atom is 0.232 e. The fourth-order valence-corrected chi connectivity index (χ4v) is 6.39. The third kappa shape index (κ3) is 7.94. The van der Waals surface area contributed by atoms with Crippen LogP contribution in [0.15, 0.2) is 4.99 Å². The molecule has 6 N–H and O–H groups in total. The van der Waals surface area contributed by atoms with Gasteiger partial charge in [0.15, 0.2) is 0 Å². The first-order chi connectivity index (χ1) is 17.5. The SMILES string of the molecule is CCC1(C)CCCC(C(C(=O)NC2CNCCC2N2CCCC(C(=O)N(C)C)C2)C(N)N)=NCC(F)C1. The van der Waals surface area contributed by atoms with Gasteiger partial charge < -0.3 is 27.0 Å². The summed E-state index contributed by atoms with van der Waals surface area (Å²) in [6.45, 7) is 7.40. The van der Waals surface area contributed by atoms with Crippen LogP contribution in [0.25, 0.3) is 0 Å². The van der Waals surface area contributed by atoms with Crippen molar-refractivity contribution in [1.29, 1.82) is 0 Å². The van der Waals surface area contributed by atoms with E-state index >= 15 is 0 Å². The normalized spacial score (nSPS) is 33.0. The second-order valence-corrected chi connectivity index (χ2v) is 11.9. The average Bonchev–Trinajstić information content (AvgIpc) is 2.93. The lowest BCUT2D eigenvalue weighted by atomic mass is 9.77. The highest BCUT2D eigenvalue weighted by Crippen LogP contribution is 2.35. The molecule has 3 aliphatic rings. The van der Waals surface area contributed by atoms with Gasteiger partial charge in [-0.1, -0.05) is 20.3 Å². The summed E-state index contributed by atoms with van der Waals surface area (Å²) in [4.78, 5) is 34.9. The van der Waals surface area contributed by atoms with E-state index in [-0.39, 0.29) is 41.8 Å². The number of nitrogens with one attached hydrogen (secondary N) is 2. The van der Waals surface area contributed by atoms with Crippen LogP contribution in [0.4, 0.5) is 4.39 Å². The molecule has 3 aliphatic heterocycles. The van der Waals surface area contributed by atoms with Crippen molar-refractivity contribution < 1.29 is 14.0 Å². The maximum atomic E-state index is 14.8. The van der Waals surface area contributed by atoms with Gasteiger partial charge in [-0.3, -0.25) is 19.5 Å². The highest BCUT2D eigenvalue weighted by Gasteiger charge is 2.38. The van der Waals surface area contributed by atoms with Crippen LogP contribution in [0, 0.1) is 17.3 Å². The second kappa shape index (κ2) is 13.4. The lowest BCUT2D eigenvalue weighted by Gasteiger charge is -2.44. The first-order valence-electron chi connectivity index (χ1n) is 14.2. The van der Waals surface area contributed by atoms with Crippen LogP contribution < -0.4 is 22.1 Å². The Morgan fingerprint density at radius 2 is 2.05 bits per heavy atom. The van der Waals surface area contributed by atoms with Gasteiger partial charge in [0.1, 0.15) is 12.1 Å². The van der Waals surface area contributed by atoms with Gasteiger partial charge in [-0.15, -0.1) is 0 Å². The second-order valence-electron chi connectivity index (χ2n) is 11.9. The predicted molar refractivity (Wildman–Crippen MR) is 146 cm³/mol. The number of hydrogen-bond acceptors (Lipinski definition) is 7. The van der Waals surface area contributed by atoms with E-state index in [2.05, 4.69) is 34.4 Å². The van der Waals surface area contributed by atoms with Crippen LogP contribution in [0.2, 0.25) is 0 Å². The zero-order chi connectivity index (χ0) is 27.2. The summed E-state index contributed by atoms with van der Waals surface area (Å²) in [5.41, 5.74) is 12.9. The summed E-state index contributed by atoms with van der Waals surface area (Å²) >= 11 is 0. The highest BCUT2D eigenvalue weighted by molar-refractivity contribution is 6.05. The summed E-state index contributed by atoms with van der Waals surface area (Å²) in [6, 6.07) is -0.00878. The molecule has 2 amide bonds. The molecular formula is C27H50FN7O2. The van der Waals surface area contributed by atoms with Crippen molar-refractivity contribution in [3.8, 4) is 0 Å². The minimum Gasteiger partial charge on any atom is -0.350 e. The monoisotopic (exact) mass is 523 g/mol. The van der Waals surface area contributed by atoms with Gasteiger partial charge in [0.2, 0.25) is 11.8 Å². The number of rotatable bonds is 7. The summed E-state index contributed by atoms with van der Waals surface area (Å²) in [5.74, 6) is -0.878. The molecular weight excluding hydrogens is 473 g/mol. The van der Waals surface area contributed by atoms with Crippen LogP contribution in [-0.2, 0) is 9.59 Å². The van der Waals surface area contributed by atoms with Crippen LogP contribution in [0.1, 0.15) is 65.2 Å². The zero-order valence-corrected chi connectivity index (χ0v) is 23.3. The Labute approximate surface area is 222 Å². The van der Waals surface area contributed by atoms with Gasteiger partial charge in [0.05, 0.1) is 24.7 Å². The van der Waals surface area contributed by atoms with E-state index in [1.807, 2.05) is 0 Å². The van der Waals surface area contributed by atoms with Crippen LogP contribution in [0.3, 0.4) is 0 Å². The van der Waals surface area contributed by atoms with Crippen molar-refractivity contribution in [1.82, 2.24) is 20.4 Å². The molecule has 0 saturated carbocycles. The number of nitrogens with two attached hydrogens (primary N) is 2. The molecule has 0 spiro atoms. The molecule has 2 fully saturated rings. The minimum atomic E-state index is -1.04. The number of alkyl halides is 1. The van der Waals surface area contributed by atoms with Crippen molar-refractivity contribution in [3.05, 3.63) is 0 Å². The number of piperidine rings is 2. The summed E-state index contributed by atoms with van der Waals surface area (Å²) in [5, 5.41) is 6.63. The zero-order valence-electron chi connectivity index (χ0n) is 23.3. The molecule has 0 radical (unpaired) electrons. The minimum absolute atomic E-state index is 0.0177. The fourth-order valence-electron chi connectivity index (χ4n) is 6.39. The lowest BCUT2D eigenvalue weighted by Crippen LogP contribution is -2.63. The van der Waals surface area contributed by atoms with E-state index in [1.54, 1.807) is 19.0 Å². The lowest BCUT2D eigenvalue weighted by molar-refractivity contribution is -0.135. The Hall–Kier alpha value is -1.62. The highest BCUT2D eigenvalue weighted by atomic mass is 19.1. The molecule has 3 heterocycles. The summed E-state index contributed by atoms with van der Waals surface area (Å²) in [7, 11) is 3.61. The standard InChI is InChI=1S/C27H50FN7O2/c1-5-27(2)11-6-9-20(32-15-19(28)14-27)23(24(29)30)25(36)33-21-16-31-12-10-22(21)35-13-7-8-18(17-35)26(37)34(3)4/h18-19,21-24,31H,5-17,29-30H2,1-4H3,(H,33,36). The molecule has 0 aromatic heterocycles. The van der Waals surface area contributed by atoms with Crippen molar-refractivity contribution in [2.45, 2.75) is 89.6 Å². The van der Waals surface area contributed by atoms with Gasteiger partial charge in [-0.2, -0.15) is 0 Å². The van der Waals surface area contributed by atoms with Gasteiger partial charge >= 0.3 is 0 Å². The summed E-state index contributed by atoms with van der Waals surface area (Å²) in [6.07, 6.45) is 4.48. The maximum absolute atomic E-state index is 14.8. The number of carbonyl (C=O) groups excluding carboxylic acids is 2. The van der Waals surface area contributed by atoms with Gasteiger partial charge in [-0.25, -0.2) is 4.39 Å². The number of carbonyl (C=O) groups is 2. The molecule has 3 rings (SSSR count). The molecule has 10 heteroatoms. The Morgan fingerprint density at radius 1 is 1.30 bits per heavy atom. The Balaban J connectivity index is 1.72. The van der Waals surface area contributed by atoms with Gasteiger partial charge in [-0.05, 0) is 63.5 Å². The smallest absolute Gasteiger partial charge is 0.232 e. The number of nitrogens with zero attached hydrogens (tertiary/aromatic N) is 3. The quantitative estimate of drug-likeness (QED) is 0.372. The largest absolute Gasteiger partial charge is 0.350 e. The predicted octanol–water partition coefficient (Wildman–Crippen LogP) is 1.26. The molecule has 2 saturated heterocycles. The van der Waals surface area contributed by atoms with Crippen LogP contribution in [0.5, 0.6) is 0 Å². The van der Waals surface area contributed by atoms with E-state index in [0.29, 0.717) is 31.6 Å². The Morgan fingerprint density at radius 3 is 2.73 bits per heavy atom. The molecule has 9 nitrogen and oxygen atoms in total. The molecule has 0 aliphatic carbocycles. The molecule has 0 aromatic carbocycles. The van der Waals surface area contributed by atoms with Crippen LogP contribution >= 0.6 is 0 Å². The first-order valence-corrected chi connectivity index (χ1v) is 14.2. The number of aliphatic imine (C=N–C) groups is 1. The van der Waals surface area contributed by atoms with Gasteiger partial charge in [0, 0.05) is 38.9 Å². The first kappa shape index (κ1) is 29.9. The molecule has 6 atom stereocenters. The summed E-state index contributed by atoms with van der Waals surface area (Å²) < 4.78 is 14.8. The third-order valence-corrected chi connectivity index (χ3v) is 8.79. The molecule has 37 heavy (non-hydrogen) atoms. The molecule has 6 unspecified atom stereocenters. The van der Waals surface area contributed by atoms with Crippen molar-refractivity contribution in [3.63, 3.8) is 0 Å². The van der Waals surface area contributed by atoms with Gasteiger partial charge in [0.25, 0.3) is 0 Å². The van der Waals surface area contributed by atoms with Crippen molar-refractivity contribution in [2.24, 2.45) is 33.7 Å². The Kier molecular flexibility index (Phi) is 10.9. The van der Waals surface area contributed by atoms with E-state index in [9.17, 15) is 14.0 Å². The third-order valence-electron chi connectivity index (χ3n) is 8.79. The van der Waals surface area contributed by atoms with Crippen molar-refractivity contribution in [2.75, 3.05) is 46.8 Å². The fraction of sp³-hybridized carbons (Fsp3) is 0.889. The molecule has 0 bridgehead atoms. The number of likely N-dealkylation sites (tertiary alicyclic amines) is 1. The Bertz CT molecular complexity index is 808.